The Bertz CT molecular complexity index is 469. The van der Waals surface area contributed by atoms with E-state index in [2.05, 4.69) is 0 Å². The minimum atomic E-state index is -0.457. The number of imide groups is 1. The van der Waals surface area contributed by atoms with Gasteiger partial charge in [0.25, 0.3) is 11.8 Å². The van der Waals surface area contributed by atoms with E-state index in [1.807, 2.05) is 0 Å². The summed E-state index contributed by atoms with van der Waals surface area (Å²) in [5.74, 6) is -0.913. The number of rotatable bonds is 9. The molecule has 0 spiro atoms. The fraction of sp³-hybridized carbons (Fsp3) is 0.429. The van der Waals surface area contributed by atoms with Crippen molar-refractivity contribution >= 4 is 11.8 Å². The first-order chi connectivity index (χ1) is 10.3. The van der Waals surface area contributed by atoms with Crippen molar-refractivity contribution in [2.45, 2.75) is 0 Å². The van der Waals surface area contributed by atoms with Crippen molar-refractivity contribution in [3.63, 3.8) is 0 Å². The molecule has 0 radical (unpaired) electrons. The van der Waals surface area contributed by atoms with Crippen LogP contribution in [0.15, 0.2) is 24.3 Å². The standard InChI is InChI=1S/C14H17NO6/c16-5-6-19-7-8-20-9-10-21-15-13(17)11-3-1-2-4-12(11)14(15)18/h1-4,16H,5-10H2. The van der Waals surface area contributed by atoms with Gasteiger partial charge in [0.05, 0.1) is 50.8 Å². The van der Waals surface area contributed by atoms with E-state index in [0.29, 0.717) is 24.3 Å². The van der Waals surface area contributed by atoms with E-state index in [9.17, 15) is 9.59 Å². The van der Waals surface area contributed by atoms with Crippen molar-refractivity contribution in [2.24, 2.45) is 0 Å². The predicted octanol–water partition coefficient (Wildman–Crippen LogP) is 0.240. The molecule has 2 rings (SSSR count). The number of hydrogen-bond acceptors (Lipinski definition) is 6. The van der Waals surface area contributed by atoms with Gasteiger partial charge in [0.1, 0.15) is 0 Å². The Morgan fingerprint density at radius 3 is 1.95 bits per heavy atom. The number of amides is 2. The molecule has 0 fully saturated rings. The number of carbonyl (C=O) groups excluding carboxylic acids is 2. The van der Waals surface area contributed by atoms with Crippen molar-refractivity contribution in [2.75, 3.05) is 39.6 Å². The van der Waals surface area contributed by atoms with E-state index in [0.717, 1.165) is 5.06 Å². The Labute approximate surface area is 122 Å². The highest BCUT2D eigenvalue weighted by atomic mass is 16.7. The summed E-state index contributed by atoms with van der Waals surface area (Å²) in [5.41, 5.74) is 0.696. The molecule has 0 aromatic heterocycles. The van der Waals surface area contributed by atoms with Crippen LogP contribution in [0.2, 0.25) is 0 Å². The molecule has 1 aromatic carbocycles. The molecule has 21 heavy (non-hydrogen) atoms. The summed E-state index contributed by atoms with van der Waals surface area (Å²) in [5, 5.41) is 9.26. The van der Waals surface area contributed by atoms with Gasteiger partial charge >= 0.3 is 0 Å². The highest BCUT2D eigenvalue weighted by Gasteiger charge is 2.36. The quantitative estimate of drug-likeness (QED) is 0.519. The van der Waals surface area contributed by atoms with Crippen molar-refractivity contribution in [1.29, 1.82) is 0 Å². The molecule has 7 heteroatoms. The van der Waals surface area contributed by atoms with Crippen LogP contribution in [-0.4, -0.2) is 61.6 Å². The summed E-state index contributed by atoms with van der Waals surface area (Å²) in [4.78, 5) is 29.0. The van der Waals surface area contributed by atoms with Crippen LogP contribution in [0.3, 0.4) is 0 Å². The molecule has 2 amide bonds. The zero-order valence-corrected chi connectivity index (χ0v) is 11.5. The Kier molecular flexibility index (Phi) is 5.82. The third-order valence-corrected chi connectivity index (χ3v) is 2.81. The number of hydroxylamine groups is 2. The van der Waals surface area contributed by atoms with E-state index in [1.54, 1.807) is 24.3 Å². The number of ether oxygens (including phenoxy) is 2. The molecule has 114 valence electrons. The molecule has 1 aliphatic heterocycles. The molecule has 1 N–H and O–H groups in total. The number of hydrogen-bond donors (Lipinski definition) is 1. The normalized spacial score (nSPS) is 13.9. The molecular formula is C14H17NO6. The van der Waals surface area contributed by atoms with Crippen LogP contribution >= 0.6 is 0 Å². The first kappa shape index (κ1) is 15.6. The molecule has 1 heterocycles. The first-order valence-corrected chi connectivity index (χ1v) is 6.62. The average molecular weight is 295 g/mol. The van der Waals surface area contributed by atoms with E-state index >= 15 is 0 Å². The summed E-state index contributed by atoms with van der Waals surface area (Å²) in [6, 6.07) is 6.58. The molecule has 1 aromatic rings. The zero-order valence-electron chi connectivity index (χ0n) is 11.5. The van der Waals surface area contributed by atoms with E-state index in [4.69, 9.17) is 19.4 Å². The van der Waals surface area contributed by atoms with Gasteiger partial charge < -0.3 is 14.6 Å². The van der Waals surface area contributed by atoms with Crippen LogP contribution in [0.25, 0.3) is 0 Å². The number of benzene rings is 1. The van der Waals surface area contributed by atoms with Gasteiger partial charge in [0.2, 0.25) is 0 Å². The maximum atomic E-state index is 11.9. The minimum Gasteiger partial charge on any atom is -0.394 e. The Morgan fingerprint density at radius 2 is 1.38 bits per heavy atom. The highest BCUT2D eigenvalue weighted by molar-refractivity contribution is 6.20. The molecule has 0 aliphatic carbocycles. The van der Waals surface area contributed by atoms with Gasteiger partial charge in [-0.05, 0) is 12.1 Å². The third-order valence-electron chi connectivity index (χ3n) is 2.81. The number of carbonyl (C=O) groups is 2. The lowest BCUT2D eigenvalue weighted by molar-refractivity contribution is -0.108. The van der Waals surface area contributed by atoms with E-state index < -0.39 is 11.8 Å². The molecule has 0 saturated heterocycles. The first-order valence-electron chi connectivity index (χ1n) is 6.62. The topological polar surface area (TPSA) is 85.3 Å². The molecule has 0 atom stereocenters. The van der Waals surface area contributed by atoms with Crippen LogP contribution in [0.1, 0.15) is 20.7 Å². The molecule has 0 saturated carbocycles. The van der Waals surface area contributed by atoms with Gasteiger partial charge in [0, 0.05) is 0 Å². The summed E-state index contributed by atoms with van der Waals surface area (Å²) in [6.45, 7) is 1.29. The Hall–Kier alpha value is -1.80. The highest BCUT2D eigenvalue weighted by Crippen LogP contribution is 2.22. The van der Waals surface area contributed by atoms with Crippen molar-refractivity contribution in [1.82, 2.24) is 5.06 Å². The molecule has 1 aliphatic rings. The van der Waals surface area contributed by atoms with Gasteiger partial charge in [-0.2, -0.15) is 0 Å². The van der Waals surface area contributed by atoms with Gasteiger partial charge in [-0.1, -0.05) is 12.1 Å². The Morgan fingerprint density at radius 1 is 0.857 bits per heavy atom. The molecule has 0 unspecified atom stereocenters. The maximum Gasteiger partial charge on any atom is 0.285 e. The van der Waals surface area contributed by atoms with Gasteiger partial charge in [-0.3, -0.25) is 14.4 Å². The lowest BCUT2D eigenvalue weighted by atomic mass is 10.1. The van der Waals surface area contributed by atoms with Crippen LogP contribution in [-0.2, 0) is 14.3 Å². The summed E-state index contributed by atoms with van der Waals surface area (Å²) < 4.78 is 10.2. The predicted molar refractivity (Wildman–Crippen MR) is 71.6 cm³/mol. The second-order valence-electron chi connectivity index (χ2n) is 4.23. The van der Waals surface area contributed by atoms with Crippen molar-refractivity contribution in [3.8, 4) is 0 Å². The summed E-state index contributed by atoms with van der Waals surface area (Å²) in [6.07, 6.45) is 0. The molecule has 0 bridgehead atoms. The lowest BCUT2D eigenvalue weighted by Gasteiger charge is -2.13. The minimum absolute atomic E-state index is 0.0249. The summed E-state index contributed by atoms with van der Waals surface area (Å²) >= 11 is 0. The molecule has 7 nitrogen and oxygen atoms in total. The average Bonchev–Trinajstić information content (AvgIpc) is 2.75. The second kappa shape index (κ2) is 7.84. The fourth-order valence-corrected chi connectivity index (χ4v) is 1.86. The van der Waals surface area contributed by atoms with Gasteiger partial charge in [0.15, 0.2) is 0 Å². The number of aliphatic hydroxyl groups excluding tert-OH is 1. The maximum absolute atomic E-state index is 11.9. The van der Waals surface area contributed by atoms with Crippen LogP contribution < -0.4 is 0 Å². The van der Waals surface area contributed by atoms with Gasteiger partial charge in [-0.25, -0.2) is 0 Å². The third kappa shape index (κ3) is 3.85. The lowest BCUT2D eigenvalue weighted by Crippen LogP contribution is -2.31. The van der Waals surface area contributed by atoms with E-state index in [1.165, 1.54) is 0 Å². The van der Waals surface area contributed by atoms with E-state index in [-0.39, 0.29) is 26.4 Å². The van der Waals surface area contributed by atoms with Gasteiger partial charge in [-0.15, -0.1) is 5.06 Å². The number of fused-ring (bicyclic) bond motifs is 1. The largest absolute Gasteiger partial charge is 0.394 e. The monoisotopic (exact) mass is 295 g/mol. The number of nitrogens with zero attached hydrogens (tertiary/aromatic N) is 1. The number of aliphatic hydroxyl groups is 1. The van der Waals surface area contributed by atoms with Crippen LogP contribution in [0.4, 0.5) is 0 Å². The SMILES string of the molecule is O=C1c2ccccc2C(=O)N1OCCOCCOCCO. The van der Waals surface area contributed by atoms with Crippen molar-refractivity contribution < 1.29 is 29.0 Å². The second-order valence-corrected chi connectivity index (χ2v) is 4.23. The van der Waals surface area contributed by atoms with Crippen LogP contribution in [0, 0.1) is 0 Å². The molecular weight excluding hydrogens is 278 g/mol. The summed E-state index contributed by atoms with van der Waals surface area (Å²) in [7, 11) is 0. The zero-order chi connectivity index (χ0) is 15.1. The van der Waals surface area contributed by atoms with Crippen LogP contribution in [0.5, 0.6) is 0 Å². The Balaban J connectivity index is 1.69. The van der Waals surface area contributed by atoms with Crippen molar-refractivity contribution in [3.05, 3.63) is 35.4 Å². The fourth-order valence-electron chi connectivity index (χ4n) is 1.86. The smallest absolute Gasteiger partial charge is 0.285 e.